The molecule has 0 aliphatic heterocycles. The SMILES string of the molecule is CC1(C)c2ccccc2-c2cccc(-c3ccc(-c4cc(-c5cccc6sc7ccccc7c56)nc(-c5ccccc5)n4)c4ccccc34)c21. The molecule has 2 nitrogen and oxygen atoms in total. The summed E-state index contributed by atoms with van der Waals surface area (Å²) in [6, 6.07) is 56.9. The molecular formula is C47H32N2S. The van der Waals surface area contributed by atoms with Crippen LogP contribution in [-0.2, 0) is 5.41 Å². The normalized spacial score (nSPS) is 13.2. The number of nitrogens with zero attached hydrogens (tertiary/aromatic N) is 2. The second kappa shape index (κ2) is 11.1. The lowest BCUT2D eigenvalue weighted by atomic mass is 9.78. The number of thiophene rings is 1. The van der Waals surface area contributed by atoms with Crippen molar-refractivity contribution in [2.75, 3.05) is 0 Å². The molecule has 236 valence electrons. The zero-order chi connectivity index (χ0) is 33.4. The molecule has 10 rings (SSSR count). The maximum Gasteiger partial charge on any atom is 0.160 e. The van der Waals surface area contributed by atoms with Crippen molar-refractivity contribution in [3.05, 3.63) is 169 Å². The molecule has 9 aromatic rings. The van der Waals surface area contributed by atoms with E-state index in [9.17, 15) is 0 Å². The van der Waals surface area contributed by atoms with Gasteiger partial charge < -0.3 is 0 Å². The van der Waals surface area contributed by atoms with Crippen LogP contribution in [0.4, 0.5) is 0 Å². The summed E-state index contributed by atoms with van der Waals surface area (Å²) in [5.74, 6) is 0.725. The molecule has 2 aromatic heterocycles. The van der Waals surface area contributed by atoms with Crippen molar-refractivity contribution in [1.82, 2.24) is 9.97 Å². The molecule has 0 saturated carbocycles. The van der Waals surface area contributed by atoms with Crippen LogP contribution in [-0.4, -0.2) is 9.97 Å². The van der Waals surface area contributed by atoms with Crippen LogP contribution in [0.15, 0.2) is 158 Å². The Kier molecular flexibility index (Phi) is 6.43. The van der Waals surface area contributed by atoms with Gasteiger partial charge in [-0.25, -0.2) is 9.97 Å². The summed E-state index contributed by atoms with van der Waals surface area (Å²) >= 11 is 1.83. The van der Waals surface area contributed by atoms with Crippen molar-refractivity contribution in [3.8, 4) is 56.2 Å². The standard InChI is InChI=1S/C47H32N2S/c1-47(2)39-23-10-8-18-33(39)36-21-12-20-35(45(36)47)32-26-27-34(31-17-7-6-16-30(31)32)40-28-41(49-46(48-40)29-14-4-3-5-15-29)37-22-13-25-43-44(37)38-19-9-11-24-42(38)50-43/h3-28H,1-2H3. The molecule has 1 aliphatic rings. The maximum absolute atomic E-state index is 5.28. The molecule has 50 heavy (non-hydrogen) atoms. The Balaban J connectivity index is 1.21. The molecule has 0 fully saturated rings. The average Bonchev–Trinajstić information content (AvgIpc) is 3.67. The van der Waals surface area contributed by atoms with Gasteiger partial charge in [0.2, 0.25) is 0 Å². The highest BCUT2D eigenvalue weighted by atomic mass is 32.1. The van der Waals surface area contributed by atoms with Gasteiger partial charge in [0.15, 0.2) is 5.82 Å². The number of benzene rings is 7. The summed E-state index contributed by atoms with van der Waals surface area (Å²) in [5, 5.41) is 4.91. The van der Waals surface area contributed by atoms with E-state index in [0.29, 0.717) is 0 Å². The zero-order valence-corrected chi connectivity index (χ0v) is 28.6. The van der Waals surface area contributed by atoms with Crippen LogP contribution < -0.4 is 0 Å². The van der Waals surface area contributed by atoms with Gasteiger partial charge in [-0.05, 0) is 62.4 Å². The first-order valence-corrected chi connectivity index (χ1v) is 18.0. The van der Waals surface area contributed by atoms with Crippen LogP contribution in [0, 0.1) is 0 Å². The van der Waals surface area contributed by atoms with Crippen molar-refractivity contribution in [2.45, 2.75) is 19.3 Å². The van der Waals surface area contributed by atoms with Crippen LogP contribution in [0.25, 0.3) is 87.1 Å². The minimum absolute atomic E-state index is 0.110. The van der Waals surface area contributed by atoms with E-state index in [1.807, 2.05) is 17.4 Å². The van der Waals surface area contributed by atoms with Gasteiger partial charge in [0, 0.05) is 42.3 Å². The fourth-order valence-electron chi connectivity index (χ4n) is 8.26. The minimum Gasteiger partial charge on any atom is -0.228 e. The molecule has 0 amide bonds. The van der Waals surface area contributed by atoms with Crippen molar-refractivity contribution in [2.24, 2.45) is 0 Å². The lowest BCUT2D eigenvalue weighted by Gasteiger charge is -2.25. The summed E-state index contributed by atoms with van der Waals surface area (Å²) in [6.07, 6.45) is 0. The van der Waals surface area contributed by atoms with Crippen LogP contribution in [0.2, 0.25) is 0 Å². The van der Waals surface area contributed by atoms with Crippen molar-refractivity contribution in [1.29, 1.82) is 0 Å². The molecule has 0 atom stereocenters. The van der Waals surface area contributed by atoms with E-state index in [0.717, 1.165) is 33.9 Å². The summed E-state index contributed by atoms with van der Waals surface area (Å²) in [6.45, 7) is 4.73. The van der Waals surface area contributed by atoms with Crippen molar-refractivity contribution < 1.29 is 0 Å². The van der Waals surface area contributed by atoms with Gasteiger partial charge in [0.1, 0.15) is 0 Å². The molecule has 7 aromatic carbocycles. The second-order valence-electron chi connectivity index (χ2n) is 13.7. The van der Waals surface area contributed by atoms with E-state index in [-0.39, 0.29) is 5.41 Å². The lowest BCUT2D eigenvalue weighted by molar-refractivity contribution is 0.662. The number of hydrogen-bond acceptors (Lipinski definition) is 3. The highest BCUT2D eigenvalue weighted by Gasteiger charge is 2.37. The van der Waals surface area contributed by atoms with E-state index in [2.05, 4.69) is 166 Å². The Hall–Kier alpha value is -5.90. The predicted molar refractivity (Wildman–Crippen MR) is 212 cm³/mol. The van der Waals surface area contributed by atoms with Gasteiger partial charge in [-0.1, -0.05) is 153 Å². The third-order valence-corrected chi connectivity index (χ3v) is 11.6. The molecule has 0 bridgehead atoms. The Morgan fingerprint density at radius 3 is 1.82 bits per heavy atom. The van der Waals surface area contributed by atoms with E-state index in [1.165, 1.54) is 64.3 Å². The number of rotatable bonds is 4. The molecule has 0 unspecified atom stereocenters. The molecule has 1 aliphatic carbocycles. The molecule has 3 heteroatoms. The second-order valence-corrected chi connectivity index (χ2v) is 14.8. The fraction of sp³-hybridized carbons (Fsp3) is 0.0638. The highest BCUT2D eigenvalue weighted by Crippen LogP contribution is 2.53. The minimum atomic E-state index is -0.110. The Bertz CT molecular complexity index is 2790. The van der Waals surface area contributed by atoms with Crippen LogP contribution in [0.5, 0.6) is 0 Å². The predicted octanol–water partition coefficient (Wildman–Crippen LogP) is 13.0. The molecule has 2 heterocycles. The zero-order valence-electron chi connectivity index (χ0n) is 27.8. The van der Waals surface area contributed by atoms with Gasteiger partial charge in [-0.3, -0.25) is 0 Å². The van der Waals surface area contributed by atoms with E-state index < -0.39 is 0 Å². The summed E-state index contributed by atoms with van der Waals surface area (Å²) < 4.78 is 2.55. The van der Waals surface area contributed by atoms with Crippen molar-refractivity contribution >= 4 is 42.3 Å². The van der Waals surface area contributed by atoms with Gasteiger partial charge in [0.05, 0.1) is 11.4 Å². The van der Waals surface area contributed by atoms with Crippen LogP contribution in [0.1, 0.15) is 25.0 Å². The molecule has 0 N–H and O–H groups in total. The van der Waals surface area contributed by atoms with Crippen LogP contribution in [0.3, 0.4) is 0 Å². The quantitative estimate of drug-likeness (QED) is 0.188. The Morgan fingerprint density at radius 1 is 0.440 bits per heavy atom. The molecule has 0 saturated heterocycles. The van der Waals surface area contributed by atoms with Gasteiger partial charge in [-0.15, -0.1) is 11.3 Å². The first-order chi connectivity index (χ1) is 24.6. The molecule has 0 spiro atoms. The Labute approximate surface area is 295 Å². The third-order valence-electron chi connectivity index (χ3n) is 10.5. The first-order valence-electron chi connectivity index (χ1n) is 17.2. The van der Waals surface area contributed by atoms with Gasteiger partial charge in [0.25, 0.3) is 0 Å². The number of hydrogen-bond donors (Lipinski definition) is 0. The highest BCUT2D eigenvalue weighted by molar-refractivity contribution is 7.25. The van der Waals surface area contributed by atoms with E-state index in [4.69, 9.17) is 9.97 Å². The monoisotopic (exact) mass is 656 g/mol. The summed E-state index contributed by atoms with van der Waals surface area (Å²) in [5.41, 5.74) is 12.9. The van der Waals surface area contributed by atoms with Gasteiger partial charge in [-0.2, -0.15) is 0 Å². The smallest absolute Gasteiger partial charge is 0.160 e. The number of aromatic nitrogens is 2. The fourth-order valence-corrected chi connectivity index (χ4v) is 9.39. The van der Waals surface area contributed by atoms with Gasteiger partial charge >= 0.3 is 0 Å². The summed E-state index contributed by atoms with van der Waals surface area (Å²) in [4.78, 5) is 10.5. The number of fused-ring (bicyclic) bond motifs is 7. The average molecular weight is 657 g/mol. The lowest BCUT2D eigenvalue weighted by Crippen LogP contribution is -2.16. The molecule has 0 radical (unpaired) electrons. The van der Waals surface area contributed by atoms with E-state index in [1.54, 1.807) is 0 Å². The maximum atomic E-state index is 5.28. The molecular weight excluding hydrogens is 625 g/mol. The van der Waals surface area contributed by atoms with Crippen LogP contribution >= 0.6 is 11.3 Å². The largest absolute Gasteiger partial charge is 0.228 e. The Morgan fingerprint density at radius 2 is 1.00 bits per heavy atom. The first kappa shape index (κ1) is 29.1. The topological polar surface area (TPSA) is 25.8 Å². The van der Waals surface area contributed by atoms with E-state index >= 15 is 0 Å². The summed E-state index contributed by atoms with van der Waals surface area (Å²) in [7, 11) is 0. The van der Waals surface area contributed by atoms with Crippen molar-refractivity contribution in [3.63, 3.8) is 0 Å². The third kappa shape index (κ3) is 4.33.